The van der Waals surface area contributed by atoms with Crippen molar-refractivity contribution < 1.29 is 4.79 Å². The van der Waals surface area contributed by atoms with Gasteiger partial charge in [0.25, 0.3) is 0 Å². The van der Waals surface area contributed by atoms with Crippen LogP contribution in [0, 0.1) is 5.92 Å². The fourth-order valence-corrected chi connectivity index (χ4v) is 5.06. The Morgan fingerprint density at radius 1 is 1.30 bits per heavy atom. The first-order valence-corrected chi connectivity index (χ1v) is 8.47. The molecule has 4 atom stereocenters. The van der Waals surface area contributed by atoms with Crippen molar-refractivity contribution in [1.82, 2.24) is 10.2 Å². The van der Waals surface area contributed by atoms with E-state index in [0.717, 1.165) is 37.8 Å². The van der Waals surface area contributed by atoms with Gasteiger partial charge in [0.1, 0.15) is 0 Å². The van der Waals surface area contributed by atoms with Gasteiger partial charge in [-0.2, -0.15) is 0 Å². The Balaban J connectivity index is 1.71. The lowest BCUT2D eigenvalue weighted by molar-refractivity contribution is -0.124. The van der Waals surface area contributed by atoms with Gasteiger partial charge >= 0.3 is 0 Å². The number of rotatable bonds is 4. The van der Waals surface area contributed by atoms with Gasteiger partial charge in [-0.05, 0) is 64.0 Å². The Morgan fingerprint density at radius 2 is 2.10 bits per heavy atom. The van der Waals surface area contributed by atoms with Crippen LogP contribution in [-0.2, 0) is 4.79 Å². The van der Waals surface area contributed by atoms with Crippen LogP contribution in [0.3, 0.4) is 0 Å². The number of piperidine rings is 1. The van der Waals surface area contributed by atoms with Crippen molar-refractivity contribution in [2.75, 3.05) is 13.1 Å². The molecule has 0 aromatic heterocycles. The first-order valence-electron chi connectivity index (χ1n) is 8.47. The smallest absolute Gasteiger partial charge is 0.237 e. The lowest BCUT2D eigenvalue weighted by Crippen LogP contribution is -2.55. The molecule has 114 valence electrons. The summed E-state index contributed by atoms with van der Waals surface area (Å²) < 4.78 is 0. The van der Waals surface area contributed by atoms with Crippen molar-refractivity contribution in [3.8, 4) is 0 Å². The lowest BCUT2D eigenvalue weighted by atomic mass is 9.89. The lowest BCUT2D eigenvalue weighted by Gasteiger charge is -2.42. The Kier molecular flexibility index (Phi) is 4.04. The van der Waals surface area contributed by atoms with Gasteiger partial charge in [0.05, 0.1) is 5.54 Å². The molecule has 3 rings (SSSR count). The van der Waals surface area contributed by atoms with Crippen LogP contribution in [0.1, 0.15) is 58.3 Å². The van der Waals surface area contributed by atoms with E-state index in [1.54, 1.807) is 0 Å². The number of carbonyl (C=O) groups is 1. The molecule has 0 aromatic rings. The van der Waals surface area contributed by atoms with Crippen LogP contribution in [-0.4, -0.2) is 41.5 Å². The second-order valence-electron chi connectivity index (χ2n) is 7.01. The molecule has 3 aliphatic rings. The molecular formula is C16H29N3O. The number of hydrogen-bond acceptors (Lipinski definition) is 3. The van der Waals surface area contributed by atoms with E-state index < -0.39 is 5.54 Å². The van der Waals surface area contributed by atoms with Crippen LogP contribution < -0.4 is 11.1 Å². The highest BCUT2D eigenvalue weighted by Crippen LogP contribution is 2.42. The van der Waals surface area contributed by atoms with Crippen LogP contribution in [0.25, 0.3) is 0 Å². The summed E-state index contributed by atoms with van der Waals surface area (Å²) in [6, 6.07) is 1.35. The predicted octanol–water partition coefficient (Wildman–Crippen LogP) is 1.64. The maximum absolute atomic E-state index is 11.9. The summed E-state index contributed by atoms with van der Waals surface area (Å²) in [5, 5.41) is 3.38. The van der Waals surface area contributed by atoms with Gasteiger partial charge in [-0.3, -0.25) is 9.69 Å². The largest absolute Gasteiger partial charge is 0.368 e. The average Bonchev–Trinajstić information content (AvgIpc) is 3.05. The molecule has 0 aromatic carbocycles. The van der Waals surface area contributed by atoms with Crippen molar-refractivity contribution in [2.24, 2.45) is 11.7 Å². The molecule has 1 heterocycles. The Hall–Kier alpha value is -0.610. The minimum atomic E-state index is -0.440. The number of nitrogens with one attached hydrogen (secondary N) is 1. The molecule has 4 nitrogen and oxygen atoms in total. The third-order valence-electron chi connectivity index (χ3n) is 5.98. The number of hydrogen-bond donors (Lipinski definition) is 2. The number of amides is 1. The number of likely N-dealkylation sites (N-methyl/N-ethyl adjacent to an activating group) is 1. The first kappa shape index (κ1) is 14.3. The van der Waals surface area contributed by atoms with Crippen LogP contribution in [0.15, 0.2) is 0 Å². The SMILES string of the molecule is CCNC1(C(N)=O)CCC(N2CCCC3CCCC32)C1. The molecule has 1 saturated heterocycles. The van der Waals surface area contributed by atoms with E-state index in [1.807, 2.05) is 0 Å². The number of nitrogens with zero attached hydrogens (tertiary/aromatic N) is 1. The van der Waals surface area contributed by atoms with E-state index in [2.05, 4.69) is 17.1 Å². The van der Waals surface area contributed by atoms with Gasteiger partial charge in [-0.15, -0.1) is 0 Å². The molecule has 3 N–H and O–H groups in total. The highest BCUT2D eigenvalue weighted by molar-refractivity contribution is 5.85. The highest BCUT2D eigenvalue weighted by Gasteiger charge is 2.48. The number of carbonyl (C=O) groups excluding carboxylic acids is 1. The number of primary amides is 1. The molecule has 4 unspecified atom stereocenters. The molecule has 0 spiro atoms. The van der Waals surface area contributed by atoms with E-state index in [1.165, 1.54) is 38.6 Å². The minimum Gasteiger partial charge on any atom is -0.368 e. The number of likely N-dealkylation sites (tertiary alicyclic amines) is 1. The average molecular weight is 279 g/mol. The molecule has 2 aliphatic carbocycles. The van der Waals surface area contributed by atoms with Gasteiger partial charge in [0, 0.05) is 12.1 Å². The third kappa shape index (κ3) is 2.37. The van der Waals surface area contributed by atoms with E-state index in [-0.39, 0.29) is 5.91 Å². The van der Waals surface area contributed by atoms with E-state index >= 15 is 0 Å². The summed E-state index contributed by atoms with van der Waals surface area (Å²) in [5.74, 6) is 0.772. The third-order valence-corrected chi connectivity index (χ3v) is 5.98. The van der Waals surface area contributed by atoms with Gasteiger partial charge < -0.3 is 11.1 Å². The fraction of sp³-hybridized carbons (Fsp3) is 0.938. The standard InChI is InChI=1S/C16H29N3O/c1-2-18-16(15(17)20)9-8-13(11-16)19-10-4-6-12-5-3-7-14(12)19/h12-14,18H,2-11H2,1H3,(H2,17,20). The number of nitrogens with two attached hydrogens (primary N) is 1. The van der Waals surface area contributed by atoms with Gasteiger partial charge in [-0.25, -0.2) is 0 Å². The Morgan fingerprint density at radius 3 is 2.85 bits per heavy atom. The fourth-order valence-electron chi connectivity index (χ4n) is 5.06. The van der Waals surface area contributed by atoms with Gasteiger partial charge in [0.15, 0.2) is 0 Å². The van der Waals surface area contributed by atoms with Crippen molar-refractivity contribution >= 4 is 5.91 Å². The normalized spacial score (nSPS) is 41.8. The molecular weight excluding hydrogens is 250 g/mol. The zero-order chi connectivity index (χ0) is 14.2. The van der Waals surface area contributed by atoms with Crippen LogP contribution in [0.2, 0.25) is 0 Å². The molecule has 1 aliphatic heterocycles. The summed E-state index contributed by atoms with van der Waals surface area (Å²) in [7, 11) is 0. The summed E-state index contributed by atoms with van der Waals surface area (Å²) >= 11 is 0. The zero-order valence-corrected chi connectivity index (χ0v) is 12.7. The quantitative estimate of drug-likeness (QED) is 0.822. The Labute approximate surface area is 122 Å². The number of fused-ring (bicyclic) bond motifs is 1. The summed E-state index contributed by atoms with van der Waals surface area (Å²) in [5.41, 5.74) is 5.26. The maximum Gasteiger partial charge on any atom is 0.237 e. The molecule has 3 fully saturated rings. The van der Waals surface area contributed by atoms with Crippen molar-refractivity contribution in [2.45, 2.75) is 75.9 Å². The molecule has 1 amide bonds. The summed E-state index contributed by atoms with van der Waals surface area (Å²) in [6.07, 6.45) is 9.89. The monoisotopic (exact) mass is 279 g/mol. The first-order chi connectivity index (χ1) is 9.66. The topological polar surface area (TPSA) is 58.4 Å². The molecule has 20 heavy (non-hydrogen) atoms. The molecule has 4 heteroatoms. The second-order valence-corrected chi connectivity index (χ2v) is 7.01. The molecule has 0 bridgehead atoms. The minimum absolute atomic E-state index is 0.151. The summed E-state index contributed by atoms with van der Waals surface area (Å²) in [6.45, 7) is 4.11. The van der Waals surface area contributed by atoms with Crippen LogP contribution in [0.5, 0.6) is 0 Å². The van der Waals surface area contributed by atoms with E-state index in [9.17, 15) is 4.79 Å². The second kappa shape index (κ2) is 5.64. The van der Waals surface area contributed by atoms with E-state index in [0.29, 0.717) is 6.04 Å². The van der Waals surface area contributed by atoms with Crippen LogP contribution in [0.4, 0.5) is 0 Å². The van der Waals surface area contributed by atoms with Crippen molar-refractivity contribution in [1.29, 1.82) is 0 Å². The molecule has 0 radical (unpaired) electrons. The summed E-state index contributed by atoms with van der Waals surface area (Å²) in [4.78, 5) is 14.7. The van der Waals surface area contributed by atoms with Gasteiger partial charge in [-0.1, -0.05) is 13.3 Å². The Bertz CT molecular complexity index is 373. The molecule has 2 saturated carbocycles. The van der Waals surface area contributed by atoms with Crippen LogP contribution >= 0.6 is 0 Å². The van der Waals surface area contributed by atoms with Crippen molar-refractivity contribution in [3.05, 3.63) is 0 Å². The van der Waals surface area contributed by atoms with E-state index in [4.69, 9.17) is 5.73 Å². The van der Waals surface area contributed by atoms with Gasteiger partial charge in [0.2, 0.25) is 5.91 Å². The predicted molar refractivity (Wildman–Crippen MR) is 80.3 cm³/mol. The maximum atomic E-state index is 11.9. The highest BCUT2D eigenvalue weighted by atomic mass is 16.1. The van der Waals surface area contributed by atoms with Crippen molar-refractivity contribution in [3.63, 3.8) is 0 Å². The zero-order valence-electron chi connectivity index (χ0n) is 12.7.